The van der Waals surface area contributed by atoms with Crippen LogP contribution in [0.4, 0.5) is 10.1 Å². The van der Waals surface area contributed by atoms with Crippen LogP contribution in [0.5, 0.6) is 0 Å². The van der Waals surface area contributed by atoms with Crippen LogP contribution in [0.25, 0.3) is 22.0 Å². The van der Waals surface area contributed by atoms with E-state index in [4.69, 9.17) is 0 Å². The van der Waals surface area contributed by atoms with Crippen LogP contribution in [0.3, 0.4) is 0 Å². The van der Waals surface area contributed by atoms with Crippen molar-refractivity contribution in [1.82, 2.24) is 10.2 Å². The Kier molecular flexibility index (Phi) is 5.30. The summed E-state index contributed by atoms with van der Waals surface area (Å²) in [5.41, 5.74) is 1.93. The first-order valence-corrected chi connectivity index (χ1v) is 9.68. The minimum atomic E-state index is -0.458. The number of halogens is 1. The number of hydrogen-bond donors (Lipinski definition) is 1. The number of carbonyl (C=O) groups excluding carboxylic acids is 1. The fraction of sp³-hybridized carbons (Fsp3) is 0.0455. The Hall–Kier alpha value is -3.25. The Morgan fingerprint density at radius 2 is 1.68 bits per heavy atom. The van der Waals surface area contributed by atoms with Crippen molar-refractivity contribution in [2.45, 2.75) is 5.03 Å². The fourth-order valence-corrected chi connectivity index (χ4v) is 3.40. The van der Waals surface area contributed by atoms with Crippen molar-refractivity contribution in [2.24, 2.45) is 0 Å². The van der Waals surface area contributed by atoms with Gasteiger partial charge in [0, 0.05) is 5.56 Å². The molecule has 0 aliphatic rings. The number of hydrogen-bond acceptors (Lipinski definition) is 4. The molecule has 138 valence electrons. The Balaban J connectivity index is 1.40. The monoisotopic (exact) mass is 389 g/mol. The van der Waals surface area contributed by atoms with E-state index >= 15 is 0 Å². The number of benzene rings is 3. The second kappa shape index (κ2) is 8.19. The molecule has 4 rings (SSSR count). The highest BCUT2D eigenvalue weighted by Gasteiger charge is 2.08. The molecular formula is C22H16FN3OS. The third-order valence-electron chi connectivity index (χ3n) is 4.18. The number of nitrogens with zero attached hydrogens (tertiary/aromatic N) is 2. The van der Waals surface area contributed by atoms with Crippen molar-refractivity contribution in [3.63, 3.8) is 0 Å². The Labute approximate surface area is 165 Å². The lowest BCUT2D eigenvalue weighted by molar-refractivity contribution is -0.113. The quantitative estimate of drug-likeness (QED) is 0.479. The van der Waals surface area contributed by atoms with E-state index in [1.165, 1.54) is 29.3 Å². The molecule has 4 nitrogen and oxygen atoms in total. The lowest BCUT2D eigenvalue weighted by Gasteiger charge is -2.06. The van der Waals surface area contributed by atoms with E-state index in [0.717, 1.165) is 16.6 Å². The molecule has 1 N–H and O–H groups in total. The summed E-state index contributed by atoms with van der Waals surface area (Å²) in [6.07, 6.45) is 0. The van der Waals surface area contributed by atoms with E-state index in [1.807, 2.05) is 30.3 Å². The van der Waals surface area contributed by atoms with Gasteiger partial charge in [0.1, 0.15) is 10.8 Å². The van der Waals surface area contributed by atoms with E-state index in [2.05, 4.69) is 39.8 Å². The van der Waals surface area contributed by atoms with Gasteiger partial charge in [0.05, 0.1) is 17.1 Å². The number of carbonyl (C=O) groups is 1. The average Bonchev–Trinajstić information content (AvgIpc) is 2.74. The third-order valence-corrected chi connectivity index (χ3v) is 5.10. The maximum absolute atomic E-state index is 13.6. The summed E-state index contributed by atoms with van der Waals surface area (Å²) >= 11 is 1.25. The standard InChI is InChI=1S/C22H16FN3OS/c23-18-7-3-4-8-20(18)24-21(27)14-28-22-12-11-19(25-26-22)17-10-9-15-5-1-2-6-16(15)13-17/h1-13H,14H2,(H,24,27). The van der Waals surface area contributed by atoms with E-state index in [1.54, 1.807) is 12.1 Å². The largest absolute Gasteiger partial charge is 0.323 e. The molecule has 0 spiro atoms. The van der Waals surface area contributed by atoms with Gasteiger partial charge in [-0.1, -0.05) is 60.3 Å². The topological polar surface area (TPSA) is 54.9 Å². The number of thioether (sulfide) groups is 1. The molecule has 0 saturated heterocycles. The van der Waals surface area contributed by atoms with Crippen LogP contribution in [0.1, 0.15) is 0 Å². The van der Waals surface area contributed by atoms with Gasteiger partial charge in [-0.3, -0.25) is 4.79 Å². The molecule has 3 aromatic carbocycles. The smallest absolute Gasteiger partial charge is 0.234 e. The van der Waals surface area contributed by atoms with Gasteiger partial charge in [0.2, 0.25) is 5.91 Å². The molecule has 1 amide bonds. The van der Waals surface area contributed by atoms with Crippen molar-refractivity contribution in [3.8, 4) is 11.3 Å². The van der Waals surface area contributed by atoms with Crippen LogP contribution in [0.15, 0.2) is 83.9 Å². The van der Waals surface area contributed by atoms with E-state index in [9.17, 15) is 9.18 Å². The maximum atomic E-state index is 13.6. The molecule has 0 aliphatic carbocycles. The highest BCUT2D eigenvalue weighted by molar-refractivity contribution is 7.99. The van der Waals surface area contributed by atoms with Gasteiger partial charge in [0.25, 0.3) is 0 Å². The Morgan fingerprint density at radius 3 is 2.46 bits per heavy atom. The van der Waals surface area contributed by atoms with E-state index in [0.29, 0.717) is 5.03 Å². The summed E-state index contributed by atoms with van der Waals surface area (Å²) in [5, 5.41) is 14.0. The zero-order valence-corrected chi connectivity index (χ0v) is 15.6. The number of para-hydroxylation sites is 1. The minimum Gasteiger partial charge on any atom is -0.323 e. The predicted octanol–water partition coefficient (Wildman–Crippen LogP) is 5.17. The molecule has 0 fully saturated rings. The molecule has 1 aromatic heterocycles. The summed E-state index contributed by atoms with van der Waals surface area (Å²) in [6, 6.07) is 24.1. The lowest BCUT2D eigenvalue weighted by atomic mass is 10.1. The number of nitrogens with one attached hydrogen (secondary N) is 1. The van der Waals surface area contributed by atoms with E-state index in [-0.39, 0.29) is 17.3 Å². The molecule has 1 heterocycles. The third kappa shape index (κ3) is 4.18. The van der Waals surface area contributed by atoms with Crippen molar-refractivity contribution < 1.29 is 9.18 Å². The van der Waals surface area contributed by atoms with Gasteiger partial charge < -0.3 is 5.32 Å². The first-order valence-electron chi connectivity index (χ1n) is 8.69. The second-order valence-electron chi connectivity index (χ2n) is 6.14. The van der Waals surface area contributed by atoms with Gasteiger partial charge in [-0.2, -0.15) is 0 Å². The molecule has 0 radical (unpaired) electrons. The summed E-state index contributed by atoms with van der Waals surface area (Å²) in [6.45, 7) is 0. The van der Waals surface area contributed by atoms with Gasteiger partial charge in [-0.05, 0) is 41.1 Å². The van der Waals surface area contributed by atoms with Gasteiger partial charge in [-0.25, -0.2) is 4.39 Å². The van der Waals surface area contributed by atoms with Crippen molar-refractivity contribution in [1.29, 1.82) is 0 Å². The van der Waals surface area contributed by atoms with Gasteiger partial charge in [-0.15, -0.1) is 10.2 Å². The zero-order valence-electron chi connectivity index (χ0n) is 14.8. The average molecular weight is 389 g/mol. The first kappa shape index (κ1) is 18.1. The molecule has 6 heteroatoms. The molecule has 0 bridgehead atoms. The molecule has 28 heavy (non-hydrogen) atoms. The normalized spacial score (nSPS) is 10.8. The van der Waals surface area contributed by atoms with Gasteiger partial charge >= 0.3 is 0 Å². The van der Waals surface area contributed by atoms with E-state index < -0.39 is 5.82 Å². The molecule has 0 atom stereocenters. The summed E-state index contributed by atoms with van der Waals surface area (Å²) in [5.74, 6) is -0.630. The molecule has 0 unspecified atom stereocenters. The van der Waals surface area contributed by atoms with Crippen LogP contribution >= 0.6 is 11.8 Å². The van der Waals surface area contributed by atoms with Crippen molar-refractivity contribution in [2.75, 3.05) is 11.1 Å². The summed E-state index contributed by atoms with van der Waals surface area (Å²) < 4.78 is 13.6. The van der Waals surface area contributed by atoms with Crippen LogP contribution in [0.2, 0.25) is 0 Å². The Morgan fingerprint density at radius 1 is 0.893 bits per heavy atom. The lowest BCUT2D eigenvalue weighted by Crippen LogP contribution is -2.15. The fourth-order valence-electron chi connectivity index (χ4n) is 2.79. The van der Waals surface area contributed by atoms with Gasteiger partial charge in [0.15, 0.2) is 0 Å². The first-order chi connectivity index (χ1) is 13.7. The second-order valence-corrected chi connectivity index (χ2v) is 7.13. The van der Waals surface area contributed by atoms with Crippen LogP contribution in [-0.2, 0) is 4.79 Å². The number of anilines is 1. The summed E-state index contributed by atoms with van der Waals surface area (Å²) in [7, 11) is 0. The Bertz CT molecular complexity index is 1130. The molecule has 4 aromatic rings. The molecule has 0 saturated carbocycles. The van der Waals surface area contributed by atoms with Crippen LogP contribution < -0.4 is 5.32 Å². The zero-order chi connectivity index (χ0) is 19.3. The van der Waals surface area contributed by atoms with Crippen molar-refractivity contribution >= 4 is 34.1 Å². The van der Waals surface area contributed by atoms with Crippen LogP contribution in [-0.4, -0.2) is 21.9 Å². The number of amides is 1. The summed E-state index contributed by atoms with van der Waals surface area (Å²) in [4.78, 5) is 12.0. The molecule has 0 aliphatic heterocycles. The minimum absolute atomic E-state index is 0.123. The highest BCUT2D eigenvalue weighted by Crippen LogP contribution is 2.24. The predicted molar refractivity (Wildman–Crippen MR) is 111 cm³/mol. The SMILES string of the molecule is O=C(CSc1ccc(-c2ccc3ccccc3c2)nn1)Nc1ccccc1F. The van der Waals surface area contributed by atoms with Crippen molar-refractivity contribution in [3.05, 3.63) is 84.7 Å². The number of aromatic nitrogens is 2. The molecular weight excluding hydrogens is 373 g/mol. The highest BCUT2D eigenvalue weighted by atomic mass is 32.2. The maximum Gasteiger partial charge on any atom is 0.234 e. The number of rotatable bonds is 5. The number of fused-ring (bicyclic) bond motifs is 1. The van der Waals surface area contributed by atoms with Crippen LogP contribution in [0, 0.1) is 5.82 Å².